The molecule has 0 aromatic heterocycles. The molecule has 0 saturated carbocycles. The van der Waals surface area contributed by atoms with Crippen LogP contribution in [-0.2, 0) is 4.79 Å². The molecular formula is C16H25NO. The molecule has 1 aromatic rings. The van der Waals surface area contributed by atoms with Gasteiger partial charge in [0.2, 0.25) is 0 Å². The summed E-state index contributed by atoms with van der Waals surface area (Å²) >= 11 is 0. The predicted octanol–water partition coefficient (Wildman–Crippen LogP) is 3.86. The van der Waals surface area contributed by atoms with Crippen molar-refractivity contribution in [3.63, 3.8) is 0 Å². The summed E-state index contributed by atoms with van der Waals surface area (Å²) in [6.45, 7) is 4.30. The van der Waals surface area contributed by atoms with E-state index in [0.29, 0.717) is 24.5 Å². The molecule has 1 atom stereocenters. The van der Waals surface area contributed by atoms with Gasteiger partial charge in [0.15, 0.2) is 0 Å². The molecule has 2 heteroatoms. The van der Waals surface area contributed by atoms with Crippen LogP contribution in [0.3, 0.4) is 0 Å². The number of Topliss-reactive ketones (excluding diaryl/α,β-unsaturated/α-hetero) is 1. The van der Waals surface area contributed by atoms with Crippen LogP contribution in [0.25, 0.3) is 0 Å². The smallest absolute Gasteiger partial charge is 0.133 e. The van der Waals surface area contributed by atoms with Gasteiger partial charge in [0, 0.05) is 18.9 Å². The Labute approximate surface area is 111 Å². The van der Waals surface area contributed by atoms with Gasteiger partial charge in [-0.1, -0.05) is 57.0 Å². The summed E-state index contributed by atoms with van der Waals surface area (Å²) in [6, 6.07) is 9.99. The highest BCUT2D eigenvalue weighted by Crippen LogP contribution is 2.18. The first kappa shape index (κ1) is 14.9. The van der Waals surface area contributed by atoms with Gasteiger partial charge in [-0.3, -0.25) is 4.79 Å². The summed E-state index contributed by atoms with van der Waals surface area (Å²) in [5, 5.41) is 0. The van der Waals surface area contributed by atoms with E-state index >= 15 is 0 Å². The van der Waals surface area contributed by atoms with Gasteiger partial charge < -0.3 is 5.73 Å². The van der Waals surface area contributed by atoms with Crippen LogP contribution in [0.2, 0.25) is 0 Å². The topological polar surface area (TPSA) is 43.1 Å². The molecule has 18 heavy (non-hydrogen) atoms. The summed E-state index contributed by atoms with van der Waals surface area (Å²) in [6.07, 6.45) is 4.25. The van der Waals surface area contributed by atoms with E-state index in [2.05, 4.69) is 13.8 Å². The Morgan fingerprint density at radius 2 is 1.78 bits per heavy atom. The average molecular weight is 247 g/mol. The van der Waals surface area contributed by atoms with Crippen molar-refractivity contribution >= 4 is 5.78 Å². The van der Waals surface area contributed by atoms with Gasteiger partial charge in [0.1, 0.15) is 5.78 Å². The van der Waals surface area contributed by atoms with Crippen molar-refractivity contribution in [3.05, 3.63) is 35.9 Å². The van der Waals surface area contributed by atoms with Gasteiger partial charge in [0.25, 0.3) is 0 Å². The van der Waals surface area contributed by atoms with Gasteiger partial charge in [-0.25, -0.2) is 0 Å². The molecule has 0 heterocycles. The molecule has 0 fully saturated rings. The Hall–Kier alpha value is -1.15. The first-order chi connectivity index (χ1) is 8.67. The molecule has 2 N–H and O–H groups in total. The van der Waals surface area contributed by atoms with Gasteiger partial charge in [0.05, 0.1) is 0 Å². The third-order valence-electron chi connectivity index (χ3n) is 3.63. The predicted molar refractivity (Wildman–Crippen MR) is 76.3 cm³/mol. The molecule has 1 aromatic carbocycles. The lowest BCUT2D eigenvalue weighted by Gasteiger charge is -2.13. The van der Waals surface area contributed by atoms with Crippen molar-refractivity contribution in [1.82, 2.24) is 0 Å². The van der Waals surface area contributed by atoms with Crippen LogP contribution in [0.4, 0.5) is 0 Å². The largest absolute Gasteiger partial charge is 0.324 e. The number of carbonyl (C=O) groups is 1. The van der Waals surface area contributed by atoms with Crippen LogP contribution in [0.5, 0.6) is 0 Å². The maximum absolute atomic E-state index is 11.9. The van der Waals surface area contributed by atoms with E-state index in [4.69, 9.17) is 5.73 Å². The summed E-state index contributed by atoms with van der Waals surface area (Å²) in [7, 11) is 0. The van der Waals surface area contributed by atoms with Crippen LogP contribution >= 0.6 is 0 Å². The quantitative estimate of drug-likeness (QED) is 0.758. The monoisotopic (exact) mass is 247 g/mol. The fraction of sp³-hybridized carbons (Fsp3) is 0.562. The Balaban J connectivity index is 2.34. The highest BCUT2D eigenvalue weighted by molar-refractivity contribution is 5.78. The van der Waals surface area contributed by atoms with Crippen molar-refractivity contribution in [1.29, 1.82) is 0 Å². The molecule has 2 nitrogen and oxygen atoms in total. The second-order valence-electron chi connectivity index (χ2n) is 4.98. The Morgan fingerprint density at radius 1 is 1.17 bits per heavy atom. The van der Waals surface area contributed by atoms with Crippen molar-refractivity contribution < 1.29 is 4.79 Å². The third-order valence-corrected chi connectivity index (χ3v) is 3.63. The van der Waals surface area contributed by atoms with Crippen LogP contribution in [0, 0.1) is 5.92 Å². The molecule has 0 spiro atoms. The van der Waals surface area contributed by atoms with E-state index in [1.165, 1.54) is 0 Å². The van der Waals surface area contributed by atoms with Crippen LogP contribution < -0.4 is 5.73 Å². The second kappa shape index (κ2) is 8.04. The number of benzene rings is 1. The highest BCUT2D eigenvalue weighted by Gasteiger charge is 2.12. The minimum absolute atomic E-state index is 0.0168. The summed E-state index contributed by atoms with van der Waals surface area (Å²) in [5.41, 5.74) is 7.21. The number of ketones is 1. The van der Waals surface area contributed by atoms with Crippen LogP contribution in [0.1, 0.15) is 57.6 Å². The lowest BCUT2D eigenvalue weighted by molar-refractivity contribution is -0.120. The molecule has 0 amide bonds. The molecule has 100 valence electrons. The average Bonchev–Trinajstić information content (AvgIpc) is 2.43. The van der Waals surface area contributed by atoms with Gasteiger partial charge >= 0.3 is 0 Å². The first-order valence-corrected chi connectivity index (χ1v) is 6.99. The first-order valence-electron chi connectivity index (χ1n) is 6.99. The van der Waals surface area contributed by atoms with E-state index in [1.54, 1.807) is 0 Å². The maximum Gasteiger partial charge on any atom is 0.133 e. The van der Waals surface area contributed by atoms with Gasteiger partial charge in [-0.05, 0) is 17.9 Å². The van der Waals surface area contributed by atoms with Crippen molar-refractivity contribution in [2.75, 3.05) is 0 Å². The number of carbonyl (C=O) groups excluding carboxylic acids is 1. The molecule has 0 aliphatic heterocycles. The highest BCUT2D eigenvalue weighted by atomic mass is 16.1. The van der Waals surface area contributed by atoms with Crippen LogP contribution in [-0.4, -0.2) is 5.78 Å². The normalized spacial score (nSPS) is 12.7. The third kappa shape index (κ3) is 5.01. The lowest BCUT2D eigenvalue weighted by atomic mass is 9.93. The molecule has 0 aliphatic rings. The number of hydrogen-bond donors (Lipinski definition) is 1. The van der Waals surface area contributed by atoms with E-state index in [9.17, 15) is 4.79 Å². The molecule has 0 saturated heterocycles. The fourth-order valence-electron chi connectivity index (χ4n) is 2.18. The SMILES string of the molecule is CCC(CC)CC(=O)CCC(N)c1ccccc1. The number of nitrogens with two attached hydrogens (primary N) is 1. The lowest BCUT2D eigenvalue weighted by Crippen LogP contribution is -2.14. The Morgan fingerprint density at radius 3 is 2.33 bits per heavy atom. The summed E-state index contributed by atoms with van der Waals surface area (Å²) < 4.78 is 0. The standard InChI is InChI=1S/C16H25NO/c1-3-13(4-2)12-15(18)10-11-16(17)14-8-6-5-7-9-14/h5-9,13,16H,3-4,10-12,17H2,1-2H3. The number of rotatable bonds is 8. The maximum atomic E-state index is 11.9. The molecule has 0 aliphatic carbocycles. The Kier molecular flexibility index (Phi) is 6.66. The minimum atomic E-state index is -0.0168. The molecule has 1 unspecified atom stereocenters. The minimum Gasteiger partial charge on any atom is -0.324 e. The molecular weight excluding hydrogens is 222 g/mol. The zero-order valence-electron chi connectivity index (χ0n) is 11.6. The van der Waals surface area contributed by atoms with E-state index in [1.807, 2.05) is 30.3 Å². The zero-order valence-corrected chi connectivity index (χ0v) is 11.6. The second-order valence-corrected chi connectivity index (χ2v) is 4.98. The molecule has 0 radical (unpaired) electrons. The van der Waals surface area contributed by atoms with Gasteiger partial charge in [-0.2, -0.15) is 0 Å². The van der Waals surface area contributed by atoms with E-state index in [0.717, 1.165) is 24.8 Å². The van der Waals surface area contributed by atoms with E-state index in [-0.39, 0.29) is 6.04 Å². The fourth-order valence-corrected chi connectivity index (χ4v) is 2.18. The van der Waals surface area contributed by atoms with Crippen molar-refractivity contribution in [3.8, 4) is 0 Å². The van der Waals surface area contributed by atoms with Crippen LogP contribution in [0.15, 0.2) is 30.3 Å². The summed E-state index contributed by atoms with van der Waals surface area (Å²) in [4.78, 5) is 11.9. The Bertz CT molecular complexity index is 343. The number of hydrogen-bond acceptors (Lipinski definition) is 2. The van der Waals surface area contributed by atoms with Gasteiger partial charge in [-0.15, -0.1) is 0 Å². The molecule has 1 rings (SSSR count). The van der Waals surface area contributed by atoms with Crippen molar-refractivity contribution in [2.24, 2.45) is 11.7 Å². The zero-order chi connectivity index (χ0) is 13.4. The van der Waals surface area contributed by atoms with Crippen molar-refractivity contribution in [2.45, 2.75) is 52.0 Å². The summed E-state index contributed by atoms with van der Waals surface area (Å²) in [5.74, 6) is 0.903. The molecule has 0 bridgehead atoms. The van der Waals surface area contributed by atoms with E-state index < -0.39 is 0 Å².